The number of halogens is 1. The second-order valence-corrected chi connectivity index (χ2v) is 7.57. The molecule has 7 heteroatoms. The molecule has 30 heavy (non-hydrogen) atoms. The number of pyridine rings is 1. The van der Waals surface area contributed by atoms with Gasteiger partial charge in [-0.3, -0.25) is 9.89 Å². The van der Waals surface area contributed by atoms with Gasteiger partial charge in [-0.15, -0.1) is 0 Å². The third-order valence-corrected chi connectivity index (χ3v) is 5.39. The van der Waals surface area contributed by atoms with Gasteiger partial charge in [0.15, 0.2) is 0 Å². The second-order valence-electron chi connectivity index (χ2n) is 7.57. The van der Waals surface area contributed by atoms with Crippen molar-refractivity contribution >= 4 is 5.91 Å². The molecular formula is C23H25FN4O2. The first-order chi connectivity index (χ1) is 14.6. The van der Waals surface area contributed by atoms with Crippen molar-refractivity contribution in [2.45, 2.75) is 32.3 Å². The Morgan fingerprint density at radius 3 is 3.03 bits per heavy atom. The fraction of sp³-hybridized carbons (Fsp3) is 0.348. The largest absolute Gasteiger partial charge is 0.368 e. The Morgan fingerprint density at radius 1 is 1.33 bits per heavy atom. The van der Waals surface area contributed by atoms with E-state index in [-0.39, 0.29) is 17.8 Å². The molecule has 1 aromatic carbocycles. The molecule has 1 fully saturated rings. The second kappa shape index (κ2) is 9.17. The number of H-pyrrole nitrogens is 1. The Bertz CT molecular complexity index is 1010. The smallest absolute Gasteiger partial charge is 0.222 e. The maximum atomic E-state index is 13.4. The average molecular weight is 408 g/mol. The van der Waals surface area contributed by atoms with Crippen molar-refractivity contribution < 1.29 is 13.9 Å². The summed E-state index contributed by atoms with van der Waals surface area (Å²) in [7, 11) is 0. The van der Waals surface area contributed by atoms with Crippen LogP contribution in [-0.4, -0.2) is 45.7 Å². The van der Waals surface area contributed by atoms with Gasteiger partial charge >= 0.3 is 0 Å². The van der Waals surface area contributed by atoms with Gasteiger partial charge in [0.1, 0.15) is 11.9 Å². The summed E-state index contributed by atoms with van der Waals surface area (Å²) < 4.78 is 19.3. The minimum atomic E-state index is -0.241. The van der Waals surface area contributed by atoms with Crippen LogP contribution in [0.1, 0.15) is 35.8 Å². The first kappa shape index (κ1) is 20.2. The lowest BCUT2D eigenvalue weighted by atomic mass is 10.0. The number of nitrogens with zero attached hydrogens (tertiary/aromatic N) is 3. The normalized spacial score (nSPS) is 16.6. The maximum Gasteiger partial charge on any atom is 0.222 e. The van der Waals surface area contributed by atoms with E-state index in [4.69, 9.17) is 9.72 Å². The molecule has 1 aliphatic rings. The van der Waals surface area contributed by atoms with Crippen LogP contribution in [0.4, 0.5) is 4.39 Å². The van der Waals surface area contributed by atoms with Gasteiger partial charge in [0, 0.05) is 24.7 Å². The summed E-state index contributed by atoms with van der Waals surface area (Å²) in [6.07, 6.45) is 5.24. The van der Waals surface area contributed by atoms with Crippen LogP contribution in [0, 0.1) is 12.7 Å². The van der Waals surface area contributed by atoms with Gasteiger partial charge in [0.25, 0.3) is 0 Å². The Morgan fingerprint density at radius 2 is 2.23 bits per heavy atom. The van der Waals surface area contributed by atoms with Crippen LogP contribution < -0.4 is 0 Å². The summed E-state index contributed by atoms with van der Waals surface area (Å²) in [5, 5.41) is 6.76. The van der Waals surface area contributed by atoms with E-state index in [1.54, 1.807) is 25.4 Å². The summed E-state index contributed by atoms with van der Waals surface area (Å²) in [6, 6.07) is 10.9. The molecule has 0 unspecified atom stereocenters. The van der Waals surface area contributed by atoms with Crippen molar-refractivity contribution in [2.24, 2.45) is 0 Å². The van der Waals surface area contributed by atoms with Gasteiger partial charge < -0.3 is 9.64 Å². The fourth-order valence-electron chi connectivity index (χ4n) is 3.70. The quantitative estimate of drug-likeness (QED) is 0.673. The molecule has 4 rings (SSSR count). The summed E-state index contributed by atoms with van der Waals surface area (Å²) in [6.45, 7) is 3.33. The topological polar surface area (TPSA) is 71.1 Å². The minimum Gasteiger partial charge on any atom is -0.368 e. The molecule has 0 radical (unpaired) electrons. The number of ether oxygens (including phenoxy) is 1. The first-order valence-electron chi connectivity index (χ1n) is 10.2. The highest BCUT2D eigenvalue weighted by molar-refractivity contribution is 5.76. The van der Waals surface area contributed by atoms with E-state index in [1.165, 1.54) is 6.07 Å². The van der Waals surface area contributed by atoms with Crippen molar-refractivity contribution in [3.05, 3.63) is 71.4 Å². The highest BCUT2D eigenvalue weighted by Crippen LogP contribution is 2.24. The summed E-state index contributed by atoms with van der Waals surface area (Å²) in [5.74, 6) is -0.0762. The maximum absolute atomic E-state index is 13.4. The van der Waals surface area contributed by atoms with Gasteiger partial charge in [-0.2, -0.15) is 5.10 Å². The van der Waals surface area contributed by atoms with E-state index < -0.39 is 0 Å². The molecule has 1 N–H and O–H groups in total. The number of amides is 1. The molecule has 2 aromatic heterocycles. The van der Waals surface area contributed by atoms with Crippen molar-refractivity contribution in [3.8, 4) is 11.3 Å². The monoisotopic (exact) mass is 408 g/mol. The number of carbonyl (C=O) groups excluding carboxylic acids is 1. The third kappa shape index (κ3) is 4.74. The number of benzene rings is 1. The zero-order valence-corrected chi connectivity index (χ0v) is 17.0. The number of hydrogen-bond donors (Lipinski definition) is 1. The summed E-state index contributed by atoms with van der Waals surface area (Å²) >= 11 is 0. The highest BCUT2D eigenvalue weighted by Gasteiger charge is 2.26. The molecule has 6 nitrogen and oxygen atoms in total. The van der Waals surface area contributed by atoms with Crippen LogP contribution in [0.5, 0.6) is 0 Å². The Balaban J connectivity index is 1.34. The predicted molar refractivity (Wildman–Crippen MR) is 111 cm³/mol. The van der Waals surface area contributed by atoms with Crippen LogP contribution in [0.3, 0.4) is 0 Å². The first-order valence-corrected chi connectivity index (χ1v) is 10.2. The van der Waals surface area contributed by atoms with Gasteiger partial charge in [-0.05, 0) is 49.1 Å². The molecule has 1 atom stereocenters. The lowest BCUT2D eigenvalue weighted by Crippen LogP contribution is -2.42. The summed E-state index contributed by atoms with van der Waals surface area (Å²) in [4.78, 5) is 19.3. The summed E-state index contributed by atoms with van der Waals surface area (Å²) in [5.41, 5.74) is 4.24. The number of aromatic amines is 1. The van der Waals surface area contributed by atoms with Gasteiger partial charge in [-0.1, -0.05) is 18.2 Å². The van der Waals surface area contributed by atoms with Crippen molar-refractivity contribution in [3.63, 3.8) is 0 Å². The molecule has 3 aromatic rings. The Hall–Kier alpha value is -3.06. The van der Waals surface area contributed by atoms with E-state index >= 15 is 0 Å². The van der Waals surface area contributed by atoms with Crippen LogP contribution in [0.25, 0.3) is 11.3 Å². The van der Waals surface area contributed by atoms with E-state index in [0.29, 0.717) is 31.7 Å². The molecule has 156 valence electrons. The van der Waals surface area contributed by atoms with Crippen LogP contribution in [-0.2, 0) is 16.0 Å². The zero-order chi connectivity index (χ0) is 20.9. The predicted octanol–water partition coefficient (Wildman–Crippen LogP) is 3.84. The van der Waals surface area contributed by atoms with Crippen LogP contribution >= 0.6 is 0 Å². The Kier molecular flexibility index (Phi) is 6.18. The molecule has 1 aliphatic heterocycles. The highest BCUT2D eigenvalue weighted by atomic mass is 19.1. The van der Waals surface area contributed by atoms with Crippen molar-refractivity contribution in [1.29, 1.82) is 0 Å². The SMILES string of the molecule is Cc1cc(CCCC(=O)N2CCO[C@@H](c3cccc(-c4cn[nH]c4)n3)C2)ccc1F. The molecular weight excluding hydrogens is 383 g/mol. The Labute approximate surface area is 175 Å². The number of rotatable bonds is 6. The van der Waals surface area contributed by atoms with E-state index in [0.717, 1.165) is 35.4 Å². The third-order valence-electron chi connectivity index (χ3n) is 5.39. The molecule has 3 heterocycles. The minimum absolute atomic E-state index is 0.119. The van der Waals surface area contributed by atoms with Gasteiger partial charge in [0.05, 0.1) is 30.7 Å². The molecule has 1 amide bonds. The van der Waals surface area contributed by atoms with E-state index in [9.17, 15) is 9.18 Å². The van der Waals surface area contributed by atoms with Crippen LogP contribution in [0.2, 0.25) is 0 Å². The average Bonchev–Trinajstić information content (AvgIpc) is 3.31. The standard InChI is InChI=1S/C23H25FN4O2/c1-16-12-17(8-9-19(16)24)4-2-7-23(29)28-10-11-30-22(15-28)21-6-3-5-20(27-21)18-13-25-26-14-18/h3,5-6,8-9,12-14,22H,2,4,7,10-11,15H2,1H3,(H,25,26)/t22-/m1/s1. The van der Waals surface area contributed by atoms with Crippen molar-refractivity contribution in [1.82, 2.24) is 20.1 Å². The van der Waals surface area contributed by atoms with Gasteiger partial charge in [-0.25, -0.2) is 9.37 Å². The molecule has 0 bridgehead atoms. The van der Waals surface area contributed by atoms with Crippen LogP contribution in [0.15, 0.2) is 48.8 Å². The molecule has 0 aliphatic carbocycles. The lowest BCUT2D eigenvalue weighted by Gasteiger charge is -2.33. The molecule has 0 saturated carbocycles. The fourth-order valence-corrected chi connectivity index (χ4v) is 3.70. The van der Waals surface area contributed by atoms with Gasteiger partial charge in [0.2, 0.25) is 5.91 Å². The number of hydrogen-bond acceptors (Lipinski definition) is 4. The van der Waals surface area contributed by atoms with E-state index in [1.807, 2.05) is 29.2 Å². The zero-order valence-electron chi connectivity index (χ0n) is 17.0. The number of morpholine rings is 1. The lowest BCUT2D eigenvalue weighted by molar-refractivity contribution is -0.139. The molecule has 0 spiro atoms. The van der Waals surface area contributed by atoms with E-state index in [2.05, 4.69) is 10.2 Å². The number of nitrogens with one attached hydrogen (secondary N) is 1. The van der Waals surface area contributed by atoms with Crippen molar-refractivity contribution in [2.75, 3.05) is 19.7 Å². The number of carbonyl (C=O) groups is 1. The number of aryl methyl sites for hydroxylation is 2. The molecule has 1 saturated heterocycles. The number of aromatic nitrogens is 3.